The highest BCUT2D eigenvalue weighted by molar-refractivity contribution is 9.10. The topological polar surface area (TPSA) is 131 Å². The standard InChI is InChI=1S/C16H19ClN4.C11H14BrClN2.C5H7BN2O2/c1-20-4-6-21(7-5-20)15-9-13(8-14(17)10-15)12-2-3-16(18)19-11-12;1-14-2-4-15(5-3-14)11-7-9(12)6-10(13)8-11;7-5-2-1-4(3-8-5)6(9)10/h2-3,8-11H,4-7H2,1H3,(H2,18,19);6-8H,2-5H2,1H3;1-3,9-10H,(H2,7,8). The van der Waals surface area contributed by atoms with Crippen molar-refractivity contribution in [3.63, 3.8) is 0 Å². The maximum Gasteiger partial charge on any atom is 0.490 e. The summed E-state index contributed by atoms with van der Waals surface area (Å²) in [7, 11) is 2.85. The first-order valence-electron chi connectivity index (χ1n) is 14.9. The molecule has 14 heteroatoms. The average molecular weight is 730 g/mol. The van der Waals surface area contributed by atoms with Gasteiger partial charge >= 0.3 is 7.12 Å². The molecule has 0 saturated carbocycles. The lowest BCUT2D eigenvalue weighted by atomic mass is 9.82. The number of halogens is 3. The van der Waals surface area contributed by atoms with Gasteiger partial charge < -0.3 is 41.1 Å². The molecule has 6 rings (SSSR count). The third-order valence-electron chi connectivity index (χ3n) is 7.69. The molecule has 4 aromatic rings. The summed E-state index contributed by atoms with van der Waals surface area (Å²) < 4.78 is 1.05. The third kappa shape index (κ3) is 11.0. The van der Waals surface area contributed by atoms with Crippen LogP contribution in [0.15, 0.2) is 77.5 Å². The molecule has 0 bridgehead atoms. The van der Waals surface area contributed by atoms with Gasteiger partial charge in [-0.3, -0.25) is 0 Å². The molecule has 0 unspecified atom stereocenters. The maximum atomic E-state index is 8.59. The Bertz CT molecular complexity index is 1520. The van der Waals surface area contributed by atoms with Crippen molar-refractivity contribution < 1.29 is 10.0 Å². The SMILES string of the molecule is CN1CCN(c2cc(Cl)cc(-c3ccc(N)nc3)c2)CC1.CN1CCN(c2cc(Cl)cc(Br)c2)CC1.Nc1ccc(B(O)O)cn1. The fraction of sp³-hybridized carbons (Fsp3) is 0.312. The largest absolute Gasteiger partial charge is 0.490 e. The van der Waals surface area contributed by atoms with Gasteiger partial charge in [0.05, 0.1) is 0 Å². The van der Waals surface area contributed by atoms with Crippen molar-refractivity contribution in [1.29, 1.82) is 0 Å². The molecule has 4 heterocycles. The van der Waals surface area contributed by atoms with Gasteiger partial charge in [-0.15, -0.1) is 0 Å². The minimum absolute atomic E-state index is 0.342. The minimum atomic E-state index is -1.46. The first-order chi connectivity index (χ1) is 22.0. The molecule has 2 aliphatic heterocycles. The quantitative estimate of drug-likeness (QED) is 0.229. The first kappa shape index (κ1) is 35.8. The molecular formula is C32H40BBrCl2N8O2. The van der Waals surface area contributed by atoms with E-state index in [2.05, 4.69) is 71.7 Å². The second kappa shape index (κ2) is 17.2. The van der Waals surface area contributed by atoms with Crippen LogP contribution >= 0.6 is 39.1 Å². The Labute approximate surface area is 289 Å². The lowest BCUT2D eigenvalue weighted by Crippen LogP contribution is -2.44. The second-order valence-corrected chi connectivity index (χ2v) is 13.1. The number of nitrogens with two attached hydrogens (primary N) is 2. The van der Waals surface area contributed by atoms with Crippen LogP contribution in [0.2, 0.25) is 10.0 Å². The van der Waals surface area contributed by atoms with Crippen LogP contribution in [-0.2, 0) is 0 Å². The van der Waals surface area contributed by atoms with Crippen molar-refractivity contribution in [3.05, 3.63) is 87.6 Å². The smallest absolute Gasteiger partial charge is 0.423 e. The van der Waals surface area contributed by atoms with Crippen molar-refractivity contribution >= 4 is 74.7 Å². The average Bonchev–Trinajstić information content (AvgIpc) is 3.02. The highest BCUT2D eigenvalue weighted by Crippen LogP contribution is 2.30. The monoisotopic (exact) mass is 728 g/mol. The van der Waals surface area contributed by atoms with Gasteiger partial charge in [0, 0.05) is 102 Å². The van der Waals surface area contributed by atoms with Crippen LogP contribution < -0.4 is 26.7 Å². The number of nitrogens with zero attached hydrogens (tertiary/aromatic N) is 6. The molecule has 6 N–H and O–H groups in total. The summed E-state index contributed by atoms with van der Waals surface area (Å²) >= 11 is 15.8. The molecule has 2 aromatic heterocycles. The van der Waals surface area contributed by atoms with E-state index in [1.807, 2.05) is 36.4 Å². The zero-order valence-electron chi connectivity index (χ0n) is 26.0. The van der Waals surface area contributed by atoms with E-state index in [1.165, 1.54) is 29.7 Å². The van der Waals surface area contributed by atoms with Gasteiger partial charge in [0.1, 0.15) is 11.6 Å². The zero-order chi connectivity index (χ0) is 33.2. The van der Waals surface area contributed by atoms with Gasteiger partial charge in [-0.2, -0.15) is 0 Å². The molecule has 244 valence electrons. The van der Waals surface area contributed by atoms with Crippen molar-refractivity contribution in [2.75, 3.05) is 87.7 Å². The highest BCUT2D eigenvalue weighted by atomic mass is 79.9. The predicted octanol–water partition coefficient (Wildman–Crippen LogP) is 3.93. The van der Waals surface area contributed by atoms with Crippen molar-refractivity contribution in [2.45, 2.75) is 0 Å². The van der Waals surface area contributed by atoms with E-state index in [1.54, 1.807) is 6.20 Å². The number of aromatic nitrogens is 2. The summed E-state index contributed by atoms with van der Waals surface area (Å²) in [5, 5.41) is 18.7. The molecule has 2 aliphatic rings. The lowest BCUT2D eigenvalue weighted by Gasteiger charge is -2.34. The zero-order valence-corrected chi connectivity index (χ0v) is 29.1. The minimum Gasteiger partial charge on any atom is -0.423 e. The van der Waals surface area contributed by atoms with Gasteiger partial charge in [0.2, 0.25) is 0 Å². The van der Waals surface area contributed by atoms with E-state index in [9.17, 15) is 0 Å². The fourth-order valence-electron chi connectivity index (χ4n) is 4.92. The molecule has 0 atom stereocenters. The van der Waals surface area contributed by atoms with Crippen LogP contribution in [-0.4, -0.2) is 103 Å². The Morgan fingerprint density at radius 1 is 0.652 bits per heavy atom. The maximum absolute atomic E-state index is 8.59. The summed E-state index contributed by atoms with van der Waals surface area (Å²) in [6.07, 6.45) is 3.11. The third-order valence-corrected chi connectivity index (χ3v) is 8.59. The van der Waals surface area contributed by atoms with E-state index in [4.69, 9.17) is 44.7 Å². The summed E-state index contributed by atoms with van der Waals surface area (Å²) in [4.78, 5) is 17.2. The lowest BCUT2D eigenvalue weighted by molar-refractivity contribution is 0.313. The summed E-state index contributed by atoms with van der Waals surface area (Å²) in [5.74, 6) is 0.893. The Hall–Kier alpha value is -3.10. The van der Waals surface area contributed by atoms with Gasteiger partial charge in [0.25, 0.3) is 0 Å². The number of piperazine rings is 2. The van der Waals surface area contributed by atoms with Crippen molar-refractivity contribution in [1.82, 2.24) is 19.8 Å². The molecule has 0 amide bonds. The number of likely N-dealkylation sites (N-methyl/N-ethyl adjacent to an activating group) is 2. The van der Waals surface area contributed by atoms with Gasteiger partial charge in [-0.25, -0.2) is 9.97 Å². The fourth-order valence-corrected chi connectivity index (χ4v) is 5.99. The second-order valence-electron chi connectivity index (χ2n) is 11.3. The number of nitrogen functional groups attached to an aromatic ring is 2. The van der Waals surface area contributed by atoms with Crippen LogP contribution in [0.1, 0.15) is 0 Å². The van der Waals surface area contributed by atoms with Gasteiger partial charge in [0.15, 0.2) is 0 Å². The molecule has 0 radical (unpaired) electrons. The molecule has 2 saturated heterocycles. The van der Waals surface area contributed by atoms with Gasteiger partial charge in [-0.1, -0.05) is 45.2 Å². The molecule has 46 heavy (non-hydrogen) atoms. The Kier molecular flexibility index (Phi) is 13.3. The predicted molar refractivity (Wildman–Crippen MR) is 196 cm³/mol. The van der Waals surface area contributed by atoms with E-state index in [-0.39, 0.29) is 0 Å². The van der Waals surface area contributed by atoms with E-state index >= 15 is 0 Å². The Morgan fingerprint density at radius 2 is 1.15 bits per heavy atom. The molecular weight excluding hydrogens is 690 g/mol. The van der Waals surface area contributed by atoms with Crippen LogP contribution in [0.25, 0.3) is 11.1 Å². The summed E-state index contributed by atoms with van der Waals surface area (Å²) in [6.45, 7) is 8.57. The summed E-state index contributed by atoms with van der Waals surface area (Å²) in [5.41, 5.74) is 15.7. The van der Waals surface area contributed by atoms with Crippen LogP contribution in [0.4, 0.5) is 23.0 Å². The summed E-state index contributed by atoms with van der Waals surface area (Å²) in [6, 6.07) is 19.0. The molecule has 0 spiro atoms. The molecule has 2 aromatic carbocycles. The van der Waals surface area contributed by atoms with Crippen LogP contribution in [0.5, 0.6) is 0 Å². The molecule has 0 aliphatic carbocycles. The van der Waals surface area contributed by atoms with Crippen LogP contribution in [0.3, 0.4) is 0 Å². The van der Waals surface area contributed by atoms with Crippen molar-refractivity contribution in [3.8, 4) is 11.1 Å². The highest BCUT2D eigenvalue weighted by Gasteiger charge is 2.16. The normalized spacial score (nSPS) is 15.4. The van der Waals surface area contributed by atoms with E-state index in [0.717, 1.165) is 78.0 Å². The molecule has 2 fully saturated rings. The van der Waals surface area contributed by atoms with E-state index < -0.39 is 7.12 Å². The Balaban J connectivity index is 0.000000168. The number of benzene rings is 2. The van der Waals surface area contributed by atoms with Crippen molar-refractivity contribution in [2.24, 2.45) is 0 Å². The number of rotatable bonds is 4. The number of pyridine rings is 2. The first-order valence-corrected chi connectivity index (χ1v) is 16.4. The Morgan fingerprint density at radius 3 is 1.61 bits per heavy atom. The number of anilines is 4. The number of hydrogen-bond acceptors (Lipinski definition) is 10. The number of hydrogen-bond donors (Lipinski definition) is 4. The van der Waals surface area contributed by atoms with Crippen LogP contribution in [0, 0.1) is 0 Å². The molecule has 10 nitrogen and oxygen atoms in total. The van der Waals surface area contributed by atoms with E-state index in [0.29, 0.717) is 17.1 Å². The van der Waals surface area contributed by atoms with Gasteiger partial charge in [-0.05, 0) is 74.3 Å².